The van der Waals surface area contributed by atoms with Crippen molar-refractivity contribution < 1.29 is 4.79 Å². The van der Waals surface area contributed by atoms with Crippen molar-refractivity contribution in [3.63, 3.8) is 0 Å². The van der Waals surface area contributed by atoms with Gasteiger partial charge in [0.25, 0.3) is 0 Å². The van der Waals surface area contributed by atoms with E-state index in [1.165, 1.54) is 0 Å². The molecule has 0 saturated carbocycles. The van der Waals surface area contributed by atoms with Gasteiger partial charge < -0.3 is 10.6 Å². The molecule has 0 bridgehead atoms. The Hall–Kier alpha value is -1.52. The summed E-state index contributed by atoms with van der Waals surface area (Å²) < 4.78 is 1.79. The van der Waals surface area contributed by atoms with E-state index in [1.54, 1.807) is 17.1 Å². The molecule has 1 amide bonds. The third-order valence-corrected chi connectivity index (χ3v) is 3.24. The van der Waals surface area contributed by atoms with Crippen LogP contribution in [0, 0.1) is 5.92 Å². The van der Waals surface area contributed by atoms with E-state index in [9.17, 15) is 4.79 Å². The molecule has 0 radical (unpaired) electrons. The molecule has 1 atom stereocenters. The van der Waals surface area contributed by atoms with Crippen molar-refractivity contribution in [2.24, 2.45) is 5.92 Å². The fraction of sp³-hybridized carbons (Fsp3) is 0.667. The Kier molecular flexibility index (Phi) is 3.66. The molecule has 1 unspecified atom stereocenters. The summed E-state index contributed by atoms with van der Waals surface area (Å²) in [5.74, 6) is 0.832. The molecule has 1 aliphatic rings. The van der Waals surface area contributed by atoms with Crippen molar-refractivity contribution in [1.82, 2.24) is 14.7 Å². The fourth-order valence-electron chi connectivity index (χ4n) is 2.40. The minimum atomic E-state index is 0.281. The molecule has 2 heterocycles. The van der Waals surface area contributed by atoms with Gasteiger partial charge in [0.1, 0.15) is 0 Å². The van der Waals surface area contributed by atoms with Gasteiger partial charge in [0, 0.05) is 25.7 Å². The van der Waals surface area contributed by atoms with Crippen LogP contribution in [0.5, 0.6) is 0 Å². The average Bonchev–Trinajstić information content (AvgIpc) is 2.83. The normalized spacial score (nSPS) is 20.2. The molecular formula is C12H20N4O. The summed E-state index contributed by atoms with van der Waals surface area (Å²) >= 11 is 0. The van der Waals surface area contributed by atoms with Crippen LogP contribution in [0.4, 0.5) is 5.69 Å². The Morgan fingerprint density at radius 3 is 3.00 bits per heavy atom. The summed E-state index contributed by atoms with van der Waals surface area (Å²) in [6.07, 6.45) is 6.45. The quantitative estimate of drug-likeness (QED) is 0.833. The third-order valence-electron chi connectivity index (χ3n) is 3.24. The SMILES string of the molecule is CCCC1CC(=O)N(CCn2cc(N)cn2)C1. The van der Waals surface area contributed by atoms with E-state index in [4.69, 9.17) is 5.73 Å². The monoisotopic (exact) mass is 236 g/mol. The summed E-state index contributed by atoms with van der Waals surface area (Å²) in [7, 11) is 0. The minimum Gasteiger partial charge on any atom is -0.396 e. The van der Waals surface area contributed by atoms with Gasteiger partial charge in [-0.3, -0.25) is 9.48 Å². The van der Waals surface area contributed by atoms with Gasteiger partial charge in [-0.2, -0.15) is 5.10 Å². The number of aromatic nitrogens is 2. The largest absolute Gasteiger partial charge is 0.396 e. The second kappa shape index (κ2) is 5.21. The molecule has 0 aromatic carbocycles. The molecule has 1 saturated heterocycles. The molecule has 5 heteroatoms. The number of nitrogens with zero attached hydrogens (tertiary/aromatic N) is 3. The van der Waals surface area contributed by atoms with Crippen molar-refractivity contribution in [2.45, 2.75) is 32.7 Å². The predicted molar refractivity (Wildman–Crippen MR) is 66.2 cm³/mol. The summed E-state index contributed by atoms with van der Waals surface area (Å²) in [6, 6.07) is 0. The van der Waals surface area contributed by atoms with Crippen LogP contribution in [0.15, 0.2) is 12.4 Å². The maximum atomic E-state index is 11.8. The minimum absolute atomic E-state index is 0.281. The first-order valence-electron chi connectivity index (χ1n) is 6.24. The molecule has 1 aliphatic heterocycles. The Labute approximate surface area is 102 Å². The fourth-order valence-corrected chi connectivity index (χ4v) is 2.40. The molecular weight excluding hydrogens is 216 g/mol. The van der Waals surface area contributed by atoms with Crippen molar-refractivity contribution in [3.8, 4) is 0 Å². The molecule has 2 rings (SSSR count). The van der Waals surface area contributed by atoms with E-state index in [-0.39, 0.29) is 5.91 Å². The van der Waals surface area contributed by atoms with E-state index >= 15 is 0 Å². The lowest BCUT2D eigenvalue weighted by molar-refractivity contribution is -0.127. The lowest BCUT2D eigenvalue weighted by Crippen LogP contribution is -2.29. The van der Waals surface area contributed by atoms with Gasteiger partial charge in [-0.05, 0) is 12.3 Å². The zero-order valence-electron chi connectivity index (χ0n) is 10.3. The van der Waals surface area contributed by atoms with Gasteiger partial charge in [0.15, 0.2) is 0 Å². The Morgan fingerprint density at radius 1 is 1.53 bits per heavy atom. The zero-order valence-corrected chi connectivity index (χ0v) is 10.3. The first kappa shape index (κ1) is 12.0. The Morgan fingerprint density at radius 2 is 2.35 bits per heavy atom. The number of nitrogens with two attached hydrogens (primary N) is 1. The second-order valence-electron chi connectivity index (χ2n) is 4.74. The summed E-state index contributed by atoms with van der Waals surface area (Å²) in [5.41, 5.74) is 6.26. The van der Waals surface area contributed by atoms with Crippen molar-refractivity contribution in [2.75, 3.05) is 18.8 Å². The van der Waals surface area contributed by atoms with Gasteiger partial charge in [-0.25, -0.2) is 0 Å². The lowest BCUT2D eigenvalue weighted by Gasteiger charge is -2.16. The van der Waals surface area contributed by atoms with E-state index < -0.39 is 0 Å². The maximum Gasteiger partial charge on any atom is 0.222 e. The number of rotatable bonds is 5. The number of hydrogen-bond acceptors (Lipinski definition) is 3. The van der Waals surface area contributed by atoms with E-state index in [1.807, 2.05) is 4.90 Å². The van der Waals surface area contributed by atoms with Crippen LogP contribution in [0.25, 0.3) is 0 Å². The van der Waals surface area contributed by atoms with Gasteiger partial charge in [-0.15, -0.1) is 0 Å². The molecule has 1 fully saturated rings. The molecule has 0 aliphatic carbocycles. The van der Waals surface area contributed by atoms with E-state index in [2.05, 4.69) is 12.0 Å². The highest BCUT2D eigenvalue weighted by atomic mass is 16.2. The smallest absolute Gasteiger partial charge is 0.222 e. The van der Waals surface area contributed by atoms with Crippen molar-refractivity contribution in [3.05, 3.63) is 12.4 Å². The van der Waals surface area contributed by atoms with Gasteiger partial charge >= 0.3 is 0 Å². The van der Waals surface area contributed by atoms with Gasteiger partial charge in [-0.1, -0.05) is 13.3 Å². The van der Waals surface area contributed by atoms with Crippen LogP contribution in [0.3, 0.4) is 0 Å². The lowest BCUT2D eigenvalue weighted by atomic mass is 10.0. The summed E-state index contributed by atoms with van der Waals surface area (Å²) in [6.45, 7) is 4.53. The molecule has 0 spiro atoms. The highest BCUT2D eigenvalue weighted by molar-refractivity contribution is 5.78. The van der Waals surface area contributed by atoms with E-state index in [0.29, 0.717) is 11.6 Å². The second-order valence-corrected chi connectivity index (χ2v) is 4.74. The predicted octanol–water partition coefficient (Wildman–Crippen LogP) is 1.11. The third kappa shape index (κ3) is 2.99. The molecule has 17 heavy (non-hydrogen) atoms. The first-order chi connectivity index (χ1) is 8.19. The van der Waals surface area contributed by atoms with Gasteiger partial charge in [0.2, 0.25) is 5.91 Å². The average molecular weight is 236 g/mol. The van der Waals surface area contributed by atoms with Crippen LogP contribution in [0.2, 0.25) is 0 Å². The first-order valence-corrected chi connectivity index (χ1v) is 6.24. The maximum absolute atomic E-state index is 11.8. The van der Waals surface area contributed by atoms with Crippen LogP contribution < -0.4 is 5.73 Å². The van der Waals surface area contributed by atoms with Crippen LogP contribution in [0.1, 0.15) is 26.2 Å². The molecule has 5 nitrogen and oxygen atoms in total. The Bertz CT molecular complexity index is 388. The highest BCUT2D eigenvalue weighted by Crippen LogP contribution is 2.21. The van der Waals surface area contributed by atoms with Gasteiger partial charge in [0.05, 0.1) is 18.4 Å². The molecule has 94 valence electrons. The van der Waals surface area contributed by atoms with Crippen LogP contribution >= 0.6 is 0 Å². The van der Waals surface area contributed by atoms with Crippen molar-refractivity contribution in [1.29, 1.82) is 0 Å². The van der Waals surface area contributed by atoms with Crippen molar-refractivity contribution >= 4 is 11.6 Å². The number of hydrogen-bond donors (Lipinski definition) is 1. The summed E-state index contributed by atoms with van der Waals surface area (Å²) in [4.78, 5) is 13.7. The summed E-state index contributed by atoms with van der Waals surface area (Å²) in [5, 5.41) is 4.11. The van der Waals surface area contributed by atoms with E-state index in [0.717, 1.165) is 38.9 Å². The topological polar surface area (TPSA) is 64.2 Å². The molecule has 1 aromatic heterocycles. The standard InChI is InChI=1S/C12H20N4O/c1-2-3-10-6-12(17)15(8-10)4-5-16-9-11(13)7-14-16/h7,9-10H,2-6,8,13H2,1H3. The Balaban J connectivity index is 1.81. The number of likely N-dealkylation sites (tertiary alicyclic amines) is 1. The number of carbonyl (C=O) groups is 1. The highest BCUT2D eigenvalue weighted by Gasteiger charge is 2.28. The van der Waals surface area contributed by atoms with Crippen LogP contribution in [-0.4, -0.2) is 33.7 Å². The number of carbonyl (C=O) groups excluding carboxylic acids is 1. The molecule has 2 N–H and O–H groups in total. The zero-order chi connectivity index (χ0) is 12.3. The number of nitrogen functional groups attached to an aromatic ring is 1. The number of anilines is 1. The number of amides is 1. The van der Waals surface area contributed by atoms with Crippen LogP contribution in [-0.2, 0) is 11.3 Å². The molecule has 1 aromatic rings.